The first-order valence-electron chi connectivity index (χ1n) is 4.31. The van der Waals surface area contributed by atoms with Gasteiger partial charge in [0.2, 0.25) is 0 Å². The van der Waals surface area contributed by atoms with Gasteiger partial charge >= 0.3 is 0 Å². The van der Waals surface area contributed by atoms with Gasteiger partial charge in [-0.15, -0.1) is 12.6 Å². The van der Waals surface area contributed by atoms with E-state index < -0.39 is 0 Å². The molecule has 1 N–H and O–H groups in total. The number of aryl methyl sites for hydroxylation is 1. The van der Waals surface area contributed by atoms with Crippen LogP contribution in [-0.4, -0.2) is 4.98 Å². The Morgan fingerprint density at radius 1 is 1.29 bits per heavy atom. The molecule has 0 bridgehead atoms. The fourth-order valence-electron chi connectivity index (χ4n) is 1.38. The minimum Gasteiger partial charge on any atom is -0.360 e. The average Bonchev–Trinajstić information content (AvgIpc) is 2.51. The van der Waals surface area contributed by atoms with Gasteiger partial charge in [0.25, 0.3) is 0 Å². The highest BCUT2D eigenvalue weighted by molar-refractivity contribution is 7.80. The van der Waals surface area contributed by atoms with E-state index in [4.69, 9.17) is 0 Å². The molecule has 3 heteroatoms. The van der Waals surface area contributed by atoms with E-state index in [2.05, 4.69) is 17.6 Å². The summed E-state index contributed by atoms with van der Waals surface area (Å²) in [6.45, 7) is 1.87. The Labute approximate surface area is 87.4 Å². The minimum absolute atomic E-state index is 0.208. The van der Waals surface area contributed by atoms with Crippen LogP contribution in [0.15, 0.2) is 35.4 Å². The lowest BCUT2D eigenvalue weighted by Gasteiger charge is -2.01. The van der Waals surface area contributed by atoms with E-state index >= 15 is 0 Å². The highest BCUT2D eigenvalue weighted by Crippen LogP contribution is 2.24. The molecular weight excluding hydrogens is 197 g/mol. The molecule has 0 fully saturated rings. The van der Waals surface area contributed by atoms with Gasteiger partial charge in [-0.05, 0) is 30.7 Å². The van der Waals surface area contributed by atoms with E-state index in [1.54, 1.807) is 18.3 Å². The number of aromatic nitrogens is 1. The summed E-state index contributed by atoms with van der Waals surface area (Å²) >= 11 is 4.16. The first-order valence-corrected chi connectivity index (χ1v) is 4.75. The zero-order chi connectivity index (χ0) is 10.1. The molecular formula is C11H10FNS. The van der Waals surface area contributed by atoms with E-state index in [9.17, 15) is 4.39 Å². The molecule has 1 heterocycles. The van der Waals surface area contributed by atoms with Crippen LogP contribution in [0.1, 0.15) is 5.56 Å². The smallest absolute Gasteiger partial charge is 0.132 e. The Morgan fingerprint density at radius 3 is 2.64 bits per heavy atom. The largest absolute Gasteiger partial charge is 0.360 e. The third kappa shape index (κ3) is 1.68. The van der Waals surface area contributed by atoms with Gasteiger partial charge in [-0.1, -0.05) is 6.07 Å². The van der Waals surface area contributed by atoms with E-state index in [-0.39, 0.29) is 5.82 Å². The lowest BCUT2D eigenvalue weighted by Crippen LogP contribution is -1.85. The molecule has 0 amide bonds. The van der Waals surface area contributed by atoms with Crippen molar-refractivity contribution in [3.8, 4) is 11.3 Å². The highest BCUT2D eigenvalue weighted by Gasteiger charge is 2.06. The summed E-state index contributed by atoms with van der Waals surface area (Å²) in [6.07, 6.45) is 1.73. The normalized spacial score (nSPS) is 10.5. The van der Waals surface area contributed by atoms with E-state index in [0.29, 0.717) is 5.56 Å². The second kappa shape index (κ2) is 3.50. The predicted molar refractivity (Wildman–Crippen MR) is 58.2 cm³/mol. The lowest BCUT2D eigenvalue weighted by molar-refractivity contribution is 0.629. The molecule has 72 valence electrons. The van der Waals surface area contributed by atoms with Gasteiger partial charge in [0.1, 0.15) is 5.82 Å². The number of hydrogen-bond donors (Lipinski definition) is 2. The Balaban J connectivity index is 2.52. The maximum absolute atomic E-state index is 13.5. The average molecular weight is 207 g/mol. The van der Waals surface area contributed by atoms with Crippen molar-refractivity contribution in [2.75, 3.05) is 0 Å². The Kier molecular flexibility index (Phi) is 2.33. The van der Waals surface area contributed by atoms with Crippen LogP contribution in [0.4, 0.5) is 4.39 Å². The SMILES string of the molecule is Cc1ccc(-c2cc(S)c[nH]2)c(F)c1. The quantitative estimate of drug-likeness (QED) is 0.666. The second-order valence-corrected chi connectivity index (χ2v) is 3.77. The third-order valence-corrected chi connectivity index (χ3v) is 2.34. The molecule has 0 radical (unpaired) electrons. The van der Waals surface area contributed by atoms with Crippen LogP contribution < -0.4 is 0 Å². The summed E-state index contributed by atoms with van der Waals surface area (Å²) in [4.78, 5) is 3.77. The number of hydrogen-bond acceptors (Lipinski definition) is 1. The Morgan fingerprint density at radius 2 is 2.07 bits per heavy atom. The zero-order valence-electron chi connectivity index (χ0n) is 7.71. The Hall–Kier alpha value is -1.22. The first-order chi connectivity index (χ1) is 6.66. The van der Waals surface area contributed by atoms with Gasteiger partial charge in [0.05, 0.1) is 0 Å². The van der Waals surface area contributed by atoms with E-state index in [1.165, 1.54) is 6.07 Å². The monoisotopic (exact) mass is 207 g/mol. The van der Waals surface area contributed by atoms with Gasteiger partial charge in [0, 0.05) is 22.3 Å². The number of halogens is 1. The summed E-state index contributed by atoms with van der Waals surface area (Å²) in [5, 5.41) is 0. The van der Waals surface area contributed by atoms with Crippen molar-refractivity contribution in [3.05, 3.63) is 41.8 Å². The van der Waals surface area contributed by atoms with Crippen molar-refractivity contribution in [2.24, 2.45) is 0 Å². The van der Waals surface area contributed by atoms with Gasteiger partial charge in [0.15, 0.2) is 0 Å². The molecule has 1 nitrogen and oxygen atoms in total. The van der Waals surface area contributed by atoms with Crippen molar-refractivity contribution < 1.29 is 4.39 Å². The van der Waals surface area contributed by atoms with Crippen LogP contribution >= 0.6 is 12.6 Å². The number of benzene rings is 1. The summed E-state index contributed by atoms with van der Waals surface area (Å²) < 4.78 is 13.5. The fraction of sp³-hybridized carbons (Fsp3) is 0.0909. The summed E-state index contributed by atoms with van der Waals surface area (Å²) in [5.74, 6) is -0.208. The number of H-pyrrole nitrogens is 1. The number of aromatic amines is 1. The van der Waals surface area contributed by atoms with Crippen LogP contribution in [0.5, 0.6) is 0 Å². The fourth-order valence-corrected chi connectivity index (χ4v) is 1.57. The number of nitrogens with one attached hydrogen (secondary N) is 1. The molecule has 1 aromatic carbocycles. The van der Waals surface area contributed by atoms with Gasteiger partial charge < -0.3 is 4.98 Å². The molecule has 0 unspecified atom stereocenters. The highest BCUT2D eigenvalue weighted by atomic mass is 32.1. The zero-order valence-corrected chi connectivity index (χ0v) is 8.61. The maximum atomic E-state index is 13.5. The molecule has 0 aliphatic rings. The van der Waals surface area contributed by atoms with E-state index in [1.807, 2.05) is 13.0 Å². The molecule has 2 aromatic rings. The molecule has 2 rings (SSSR count). The molecule has 0 aliphatic heterocycles. The molecule has 0 atom stereocenters. The summed E-state index contributed by atoms with van der Waals surface area (Å²) in [7, 11) is 0. The van der Waals surface area contributed by atoms with Crippen molar-refractivity contribution in [2.45, 2.75) is 11.8 Å². The molecule has 0 saturated carbocycles. The minimum atomic E-state index is -0.208. The van der Waals surface area contributed by atoms with Crippen molar-refractivity contribution in [1.29, 1.82) is 0 Å². The predicted octanol–water partition coefficient (Wildman–Crippen LogP) is 3.42. The Bertz CT molecular complexity index is 462. The van der Waals surface area contributed by atoms with Gasteiger partial charge in [-0.2, -0.15) is 0 Å². The molecule has 1 aromatic heterocycles. The van der Waals surface area contributed by atoms with Crippen LogP contribution in [0.2, 0.25) is 0 Å². The second-order valence-electron chi connectivity index (χ2n) is 3.25. The van der Waals surface area contributed by atoms with Crippen molar-refractivity contribution in [1.82, 2.24) is 4.98 Å². The molecule has 0 saturated heterocycles. The van der Waals surface area contributed by atoms with Crippen LogP contribution in [0.3, 0.4) is 0 Å². The van der Waals surface area contributed by atoms with E-state index in [0.717, 1.165) is 16.2 Å². The standard InChI is InChI=1S/C11H10FNS/c1-7-2-3-9(10(12)4-7)11-5-8(14)6-13-11/h2-6,13-14H,1H3. The van der Waals surface area contributed by atoms with Crippen molar-refractivity contribution >= 4 is 12.6 Å². The van der Waals surface area contributed by atoms with Gasteiger partial charge in [-0.25, -0.2) is 4.39 Å². The first kappa shape index (κ1) is 9.34. The topological polar surface area (TPSA) is 15.8 Å². The number of thiol groups is 1. The lowest BCUT2D eigenvalue weighted by atomic mass is 10.1. The van der Waals surface area contributed by atoms with Crippen LogP contribution in [0, 0.1) is 12.7 Å². The molecule has 14 heavy (non-hydrogen) atoms. The van der Waals surface area contributed by atoms with Crippen LogP contribution in [0.25, 0.3) is 11.3 Å². The molecule has 0 aliphatic carbocycles. The molecule has 0 spiro atoms. The third-order valence-electron chi connectivity index (χ3n) is 2.08. The summed E-state index contributed by atoms with van der Waals surface area (Å²) in [6, 6.07) is 6.98. The van der Waals surface area contributed by atoms with Gasteiger partial charge in [-0.3, -0.25) is 0 Å². The van der Waals surface area contributed by atoms with Crippen LogP contribution in [-0.2, 0) is 0 Å². The van der Waals surface area contributed by atoms with Crippen molar-refractivity contribution in [3.63, 3.8) is 0 Å². The number of rotatable bonds is 1. The maximum Gasteiger partial charge on any atom is 0.132 e. The summed E-state index contributed by atoms with van der Waals surface area (Å²) in [5.41, 5.74) is 2.26.